The van der Waals surface area contributed by atoms with Gasteiger partial charge in [-0.15, -0.1) is 0 Å². The van der Waals surface area contributed by atoms with Gasteiger partial charge >= 0.3 is 0 Å². The molecule has 1 heterocycles. The number of carbonyl (C=O) groups is 1. The smallest absolute Gasteiger partial charge is 0.224 e. The molecule has 2 aromatic rings. The van der Waals surface area contributed by atoms with Gasteiger partial charge in [0.05, 0.1) is 24.5 Å². The van der Waals surface area contributed by atoms with Gasteiger partial charge in [-0.05, 0) is 67.9 Å². The van der Waals surface area contributed by atoms with Crippen molar-refractivity contribution >= 4 is 5.91 Å². The number of ether oxygens (including phenoxy) is 1. The van der Waals surface area contributed by atoms with Crippen LogP contribution in [-0.2, 0) is 4.79 Å². The van der Waals surface area contributed by atoms with Gasteiger partial charge in [-0.25, -0.2) is 8.78 Å². The van der Waals surface area contributed by atoms with E-state index in [0.29, 0.717) is 17.9 Å². The highest BCUT2D eigenvalue weighted by molar-refractivity contribution is 5.83. The van der Waals surface area contributed by atoms with Gasteiger partial charge in [0, 0.05) is 12.0 Å². The van der Waals surface area contributed by atoms with Crippen molar-refractivity contribution in [2.75, 3.05) is 6.61 Å². The highest BCUT2D eigenvalue weighted by atomic mass is 19.1. The highest BCUT2D eigenvalue weighted by Gasteiger charge is 2.44. The fraction of sp³-hybridized carbons (Fsp3) is 0.429. The van der Waals surface area contributed by atoms with Crippen LogP contribution in [0.3, 0.4) is 0 Å². The van der Waals surface area contributed by atoms with E-state index in [-0.39, 0.29) is 23.8 Å². The van der Waals surface area contributed by atoms with Crippen LogP contribution in [0.2, 0.25) is 0 Å². The van der Waals surface area contributed by atoms with E-state index in [2.05, 4.69) is 10.3 Å². The van der Waals surface area contributed by atoms with Crippen LogP contribution >= 0.6 is 0 Å². The maximum absolute atomic E-state index is 13.4. The second-order valence-corrected chi connectivity index (χ2v) is 7.55. The second kappa shape index (κ2) is 7.25. The first kappa shape index (κ1) is 17.9. The van der Waals surface area contributed by atoms with Gasteiger partial charge in [0.15, 0.2) is 0 Å². The Kier molecular flexibility index (Phi) is 4.81. The molecule has 0 aliphatic heterocycles. The lowest BCUT2D eigenvalue weighted by molar-refractivity contribution is -0.123. The fourth-order valence-electron chi connectivity index (χ4n) is 3.27. The van der Waals surface area contributed by atoms with E-state index in [1.165, 1.54) is 25.0 Å². The minimum Gasteiger partial charge on any atom is -0.492 e. The van der Waals surface area contributed by atoms with Crippen molar-refractivity contribution in [1.29, 1.82) is 0 Å². The number of halogens is 2. The summed E-state index contributed by atoms with van der Waals surface area (Å²) in [5.74, 6) is -0.313. The first-order valence-corrected chi connectivity index (χ1v) is 9.34. The van der Waals surface area contributed by atoms with Crippen LogP contribution < -0.4 is 10.1 Å². The fourth-order valence-corrected chi connectivity index (χ4v) is 3.27. The predicted molar refractivity (Wildman–Crippen MR) is 96.2 cm³/mol. The predicted octanol–water partition coefficient (Wildman–Crippen LogP) is 4.13. The molecule has 2 aliphatic rings. The first-order chi connectivity index (χ1) is 13.0. The molecule has 0 unspecified atom stereocenters. The number of pyridine rings is 1. The lowest BCUT2D eigenvalue weighted by atomic mass is 10.1. The van der Waals surface area contributed by atoms with Crippen molar-refractivity contribution in [3.8, 4) is 5.75 Å². The largest absolute Gasteiger partial charge is 0.492 e. The topological polar surface area (TPSA) is 51.2 Å². The minimum atomic E-state index is -0.613. The minimum absolute atomic E-state index is 0.118. The Labute approximate surface area is 157 Å². The molecular weight excluding hydrogens is 350 g/mol. The summed E-state index contributed by atoms with van der Waals surface area (Å²) in [5.41, 5.74) is 1.28. The van der Waals surface area contributed by atoms with Gasteiger partial charge < -0.3 is 10.1 Å². The van der Waals surface area contributed by atoms with Crippen LogP contribution in [0.15, 0.2) is 36.5 Å². The van der Waals surface area contributed by atoms with E-state index >= 15 is 0 Å². The summed E-state index contributed by atoms with van der Waals surface area (Å²) in [7, 11) is 0. The SMILES string of the molecule is C[C@@H](NC(=O)[C@@H]1C[C@H]1c1cc(F)cc(F)c1)c1ccc(OCC2CC2)cn1. The Bertz CT molecular complexity index is 816. The third-order valence-electron chi connectivity index (χ3n) is 5.18. The molecule has 27 heavy (non-hydrogen) atoms. The average Bonchev–Trinajstić information content (AvgIpc) is 3.54. The molecule has 2 saturated carbocycles. The number of aromatic nitrogens is 1. The molecule has 2 fully saturated rings. The number of benzene rings is 1. The molecule has 1 N–H and O–H groups in total. The molecule has 3 atom stereocenters. The monoisotopic (exact) mass is 372 g/mol. The standard InChI is InChI=1S/C21H22F2N2O2/c1-12(20-5-4-17(10-24-20)27-11-13-2-3-13)25-21(26)19-9-18(19)14-6-15(22)8-16(23)7-14/h4-8,10,12-13,18-19H,2-3,9,11H2,1H3,(H,25,26)/t12-,18+,19-/m1/s1. The van der Waals surface area contributed by atoms with Gasteiger partial charge in [0.25, 0.3) is 0 Å². The summed E-state index contributed by atoms with van der Waals surface area (Å²) >= 11 is 0. The summed E-state index contributed by atoms with van der Waals surface area (Å²) in [5, 5.41) is 2.94. The summed E-state index contributed by atoms with van der Waals surface area (Å²) in [6, 6.07) is 6.90. The Morgan fingerprint density at radius 3 is 2.63 bits per heavy atom. The quantitative estimate of drug-likeness (QED) is 0.795. The van der Waals surface area contributed by atoms with Crippen molar-refractivity contribution < 1.29 is 18.3 Å². The number of amides is 1. The molecule has 2 aliphatic carbocycles. The number of nitrogens with zero attached hydrogens (tertiary/aromatic N) is 1. The molecule has 142 valence electrons. The lowest BCUT2D eigenvalue weighted by Crippen LogP contribution is -2.29. The molecule has 4 rings (SSSR count). The molecule has 0 bridgehead atoms. The Balaban J connectivity index is 1.31. The van der Waals surface area contributed by atoms with E-state index < -0.39 is 11.6 Å². The van der Waals surface area contributed by atoms with Gasteiger partial charge in [-0.2, -0.15) is 0 Å². The zero-order valence-corrected chi connectivity index (χ0v) is 15.1. The summed E-state index contributed by atoms with van der Waals surface area (Å²) < 4.78 is 32.4. The Morgan fingerprint density at radius 2 is 2.00 bits per heavy atom. The van der Waals surface area contributed by atoms with Crippen molar-refractivity contribution in [2.24, 2.45) is 11.8 Å². The maximum Gasteiger partial charge on any atom is 0.224 e. The van der Waals surface area contributed by atoms with Crippen LogP contribution in [0.25, 0.3) is 0 Å². The zero-order valence-electron chi connectivity index (χ0n) is 15.1. The molecule has 1 aromatic carbocycles. The van der Waals surface area contributed by atoms with E-state index in [9.17, 15) is 13.6 Å². The Morgan fingerprint density at radius 1 is 1.26 bits per heavy atom. The zero-order chi connectivity index (χ0) is 19.0. The van der Waals surface area contributed by atoms with Crippen molar-refractivity contribution in [1.82, 2.24) is 10.3 Å². The molecule has 1 aromatic heterocycles. The molecule has 0 spiro atoms. The first-order valence-electron chi connectivity index (χ1n) is 9.34. The van der Waals surface area contributed by atoms with Crippen LogP contribution in [0.4, 0.5) is 8.78 Å². The van der Waals surface area contributed by atoms with Crippen LogP contribution in [-0.4, -0.2) is 17.5 Å². The summed E-state index contributed by atoms with van der Waals surface area (Å²) in [6.45, 7) is 2.60. The molecule has 0 radical (unpaired) electrons. The Hall–Kier alpha value is -2.50. The van der Waals surface area contributed by atoms with E-state index in [1.807, 2.05) is 19.1 Å². The summed E-state index contributed by atoms with van der Waals surface area (Å²) in [4.78, 5) is 16.8. The number of hydrogen-bond acceptors (Lipinski definition) is 3. The third-order valence-corrected chi connectivity index (χ3v) is 5.18. The van der Waals surface area contributed by atoms with Crippen molar-refractivity contribution in [3.05, 3.63) is 59.4 Å². The van der Waals surface area contributed by atoms with Gasteiger partial charge in [-0.3, -0.25) is 9.78 Å². The van der Waals surface area contributed by atoms with E-state index in [0.717, 1.165) is 24.1 Å². The van der Waals surface area contributed by atoms with E-state index in [4.69, 9.17) is 4.74 Å². The number of hydrogen-bond donors (Lipinski definition) is 1. The molecule has 6 heteroatoms. The van der Waals surface area contributed by atoms with Gasteiger partial charge in [0.1, 0.15) is 17.4 Å². The van der Waals surface area contributed by atoms with Crippen LogP contribution in [0.1, 0.15) is 49.4 Å². The molecule has 1 amide bonds. The van der Waals surface area contributed by atoms with Gasteiger partial charge in [-0.1, -0.05) is 0 Å². The second-order valence-electron chi connectivity index (χ2n) is 7.55. The molecule has 0 saturated heterocycles. The van der Waals surface area contributed by atoms with Gasteiger partial charge in [0.2, 0.25) is 5.91 Å². The third kappa shape index (κ3) is 4.43. The van der Waals surface area contributed by atoms with Crippen LogP contribution in [0, 0.1) is 23.5 Å². The highest BCUT2D eigenvalue weighted by Crippen LogP contribution is 2.48. The lowest BCUT2D eigenvalue weighted by Gasteiger charge is -2.14. The summed E-state index contributed by atoms with van der Waals surface area (Å²) in [6.07, 6.45) is 4.75. The van der Waals surface area contributed by atoms with Crippen molar-refractivity contribution in [3.63, 3.8) is 0 Å². The van der Waals surface area contributed by atoms with Crippen LogP contribution in [0.5, 0.6) is 5.75 Å². The molecule has 4 nitrogen and oxygen atoms in total. The number of nitrogens with one attached hydrogen (secondary N) is 1. The van der Waals surface area contributed by atoms with E-state index in [1.54, 1.807) is 6.20 Å². The maximum atomic E-state index is 13.4. The number of carbonyl (C=O) groups excluding carboxylic acids is 1. The van der Waals surface area contributed by atoms with Crippen molar-refractivity contribution in [2.45, 2.75) is 38.1 Å². The molecular formula is C21H22F2N2O2. The number of rotatable bonds is 7. The normalized spacial score (nSPS) is 22.2. The average molecular weight is 372 g/mol.